The maximum atomic E-state index is 11.7. The number of aromatic nitrogens is 2. The number of anilines is 1. The Morgan fingerprint density at radius 3 is 2.45 bits per heavy atom. The fraction of sp³-hybridized carbons (Fsp3) is 0.214. The molecule has 0 atom stereocenters. The van der Waals surface area contributed by atoms with Crippen LogP contribution in [0.5, 0.6) is 0 Å². The molecule has 0 fully saturated rings. The second-order valence-corrected chi connectivity index (χ2v) is 5.24. The lowest BCUT2D eigenvalue weighted by Crippen LogP contribution is -2.17. The smallest absolute Gasteiger partial charge is 0.343 e. The maximum Gasteiger partial charge on any atom is 0.343 e. The molecule has 2 rings (SSSR count). The molecule has 0 bridgehead atoms. The number of nitrogens with zero attached hydrogens (tertiary/aromatic N) is 3. The van der Waals surface area contributed by atoms with Crippen LogP contribution >= 0.6 is 15.9 Å². The summed E-state index contributed by atoms with van der Waals surface area (Å²) in [6.45, 7) is 0. The van der Waals surface area contributed by atoms with E-state index in [0.29, 0.717) is 17.2 Å². The van der Waals surface area contributed by atoms with Gasteiger partial charge in [-0.15, -0.1) is 0 Å². The van der Waals surface area contributed by atoms with E-state index >= 15 is 0 Å². The summed E-state index contributed by atoms with van der Waals surface area (Å²) < 4.78 is 5.72. The molecule has 0 aliphatic heterocycles. The minimum atomic E-state index is -0.448. The van der Waals surface area contributed by atoms with Crippen molar-refractivity contribution in [3.63, 3.8) is 0 Å². The molecule has 0 amide bonds. The van der Waals surface area contributed by atoms with Crippen LogP contribution in [0.1, 0.15) is 10.4 Å². The van der Waals surface area contributed by atoms with Crippen LogP contribution in [-0.2, 0) is 4.74 Å². The Bertz CT molecular complexity index is 627. The Kier molecular flexibility index (Phi) is 4.34. The van der Waals surface area contributed by atoms with Crippen LogP contribution in [0.15, 0.2) is 34.9 Å². The van der Waals surface area contributed by atoms with Gasteiger partial charge in [-0.3, -0.25) is 0 Å². The highest BCUT2D eigenvalue weighted by Gasteiger charge is 2.17. The van der Waals surface area contributed by atoms with Gasteiger partial charge in [0, 0.05) is 30.3 Å². The fourth-order valence-electron chi connectivity index (χ4n) is 1.71. The number of hydrogen-bond donors (Lipinski definition) is 0. The highest BCUT2D eigenvalue weighted by Crippen LogP contribution is 2.23. The molecule has 2 aromatic rings. The van der Waals surface area contributed by atoms with Gasteiger partial charge in [-0.1, -0.05) is 28.1 Å². The largest absolute Gasteiger partial charge is 0.465 e. The number of carbonyl (C=O) groups is 1. The third-order valence-corrected chi connectivity index (χ3v) is 3.23. The van der Waals surface area contributed by atoms with E-state index in [2.05, 4.69) is 25.9 Å². The van der Waals surface area contributed by atoms with Crippen molar-refractivity contribution in [3.8, 4) is 11.4 Å². The van der Waals surface area contributed by atoms with Gasteiger partial charge in [-0.25, -0.2) is 14.8 Å². The lowest BCUT2D eigenvalue weighted by molar-refractivity contribution is 0.0600. The van der Waals surface area contributed by atoms with Gasteiger partial charge in [-0.2, -0.15) is 0 Å². The first-order valence-electron chi connectivity index (χ1n) is 5.91. The molecule has 0 spiro atoms. The van der Waals surface area contributed by atoms with Crippen LogP contribution in [-0.4, -0.2) is 37.1 Å². The van der Waals surface area contributed by atoms with Crippen molar-refractivity contribution < 1.29 is 9.53 Å². The third-order valence-electron chi connectivity index (χ3n) is 2.70. The average Bonchev–Trinajstić information content (AvgIpc) is 2.46. The van der Waals surface area contributed by atoms with Gasteiger partial charge in [0.1, 0.15) is 11.4 Å². The van der Waals surface area contributed by atoms with E-state index in [-0.39, 0.29) is 0 Å². The first kappa shape index (κ1) is 14.5. The molecule has 0 saturated heterocycles. The zero-order valence-electron chi connectivity index (χ0n) is 11.4. The number of halogens is 1. The Hall–Kier alpha value is -1.95. The van der Waals surface area contributed by atoms with E-state index in [9.17, 15) is 4.79 Å². The van der Waals surface area contributed by atoms with Gasteiger partial charge in [0.2, 0.25) is 0 Å². The molecule has 0 unspecified atom stereocenters. The third kappa shape index (κ3) is 2.96. The van der Waals surface area contributed by atoms with Crippen LogP contribution < -0.4 is 4.90 Å². The van der Waals surface area contributed by atoms with E-state index in [1.807, 2.05) is 38.4 Å². The summed E-state index contributed by atoms with van der Waals surface area (Å²) in [6, 6.07) is 7.66. The van der Waals surface area contributed by atoms with E-state index in [1.165, 1.54) is 13.3 Å². The van der Waals surface area contributed by atoms with Crippen molar-refractivity contribution in [2.75, 3.05) is 26.1 Å². The molecule has 5 nitrogen and oxygen atoms in total. The maximum absolute atomic E-state index is 11.7. The molecule has 0 aliphatic rings. The molecule has 104 valence electrons. The predicted molar refractivity (Wildman–Crippen MR) is 80.8 cm³/mol. The highest BCUT2D eigenvalue weighted by atomic mass is 79.9. The van der Waals surface area contributed by atoms with E-state index < -0.39 is 5.97 Å². The number of rotatable bonds is 3. The number of carbonyl (C=O) groups excluding carboxylic acids is 1. The molecule has 0 aliphatic carbocycles. The topological polar surface area (TPSA) is 55.3 Å². The van der Waals surface area contributed by atoms with Crippen LogP contribution in [0, 0.1) is 0 Å². The quantitative estimate of drug-likeness (QED) is 0.807. The molecule has 0 N–H and O–H groups in total. The fourth-order valence-corrected chi connectivity index (χ4v) is 1.97. The average molecular weight is 336 g/mol. The molecular formula is C14H14BrN3O2. The molecule has 1 heterocycles. The van der Waals surface area contributed by atoms with E-state index in [1.54, 1.807) is 4.90 Å². The zero-order chi connectivity index (χ0) is 14.7. The number of ether oxygens (including phenoxy) is 1. The molecule has 6 heteroatoms. The van der Waals surface area contributed by atoms with Crippen molar-refractivity contribution >= 4 is 27.7 Å². The van der Waals surface area contributed by atoms with Crippen molar-refractivity contribution in [2.45, 2.75) is 0 Å². The van der Waals surface area contributed by atoms with Crippen LogP contribution in [0.25, 0.3) is 11.4 Å². The molecule has 1 aromatic carbocycles. The van der Waals surface area contributed by atoms with Crippen molar-refractivity contribution in [3.05, 3.63) is 40.5 Å². The molecule has 0 saturated carbocycles. The van der Waals surface area contributed by atoms with Gasteiger partial charge >= 0.3 is 5.97 Å². The Labute approximate surface area is 125 Å². The summed E-state index contributed by atoms with van der Waals surface area (Å²) in [4.78, 5) is 22.1. The summed E-state index contributed by atoms with van der Waals surface area (Å²) in [6.07, 6.45) is 1.49. The lowest BCUT2D eigenvalue weighted by Gasteiger charge is -2.15. The zero-order valence-corrected chi connectivity index (χ0v) is 13.0. The molecule has 20 heavy (non-hydrogen) atoms. The number of benzene rings is 1. The molecule has 1 aromatic heterocycles. The Morgan fingerprint density at radius 1 is 1.25 bits per heavy atom. The van der Waals surface area contributed by atoms with Crippen LogP contribution in [0.4, 0.5) is 5.82 Å². The molecule has 0 radical (unpaired) electrons. The highest BCUT2D eigenvalue weighted by molar-refractivity contribution is 9.10. The minimum absolute atomic E-state index is 0.346. The Morgan fingerprint density at radius 2 is 1.90 bits per heavy atom. The molecular weight excluding hydrogens is 322 g/mol. The standard InChI is InChI=1S/C14H14BrN3O2/c1-18(2)13-11(14(19)20-3)8-16-12(17-13)9-4-6-10(15)7-5-9/h4-8H,1-3H3. The van der Waals surface area contributed by atoms with Crippen LogP contribution in [0.3, 0.4) is 0 Å². The number of esters is 1. The lowest BCUT2D eigenvalue weighted by atomic mass is 10.2. The van der Waals surface area contributed by atoms with Gasteiger partial charge in [0.15, 0.2) is 5.82 Å². The first-order valence-corrected chi connectivity index (χ1v) is 6.71. The first-order chi connectivity index (χ1) is 9.52. The van der Waals surface area contributed by atoms with Gasteiger partial charge in [0.25, 0.3) is 0 Å². The number of hydrogen-bond acceptors (Lipinski definition) is 5. The normalized spacial score (nSPS) is 10.2. The predicted octanol–water partition coefficient (Wildman–Crippen LogP) is 2.76. The second kappa shape index (κ2) is 6.00. The summed E-state index contributed by atoms with van der Waals surface area (Å²) >= 11 is 3.39. The summed E-state index contributed by atoms with van der Waals surface area (Å²) in [7, 11) is 4.98. The van der Waals surface area contributed by atoms with E-state index in [0.717, 1.165) is 10.0 Å². The summed E-state index contributed by atoms with van der Waals surface area (Å²) in [5.74, 6) is 0.648. The second-order valence-electron chi connectivity index (χ2n) is 4.32. The minimum Gasteiger partial charge on any atom is -0.465 e. The van der Waals surface area contributed by atoms with Crippen molar-refractivity contribution in [1.29, 1.82) is 0 Å². The Balaban J connectivity index is 2.50. The van der Waals surface area contributed by atoms with Crippen molar-refractivity contribution in [2.24, 2.45) is 0 Å². The van der Waals surface area contributed by atoms with Gasteiger partial charge < -0.3 is 9.64 Å². The number of methoxy groups -OCH3 is 1. The SMILES string of the molecule is COC(=O)c1cnc(-c2ccc(Br)cc2)nc1N(C)C. The van der Waals surface area contributed by atoms with Gasteiger partial charge in [0.05, 0.1) is 7.11 Å². The summed E-state index contributed by atoms with van der Waals surface area (Å²) in [5.41, 5.74) is 1.23. The van der Waals surface area contributed by atoms with Crippen LogP contribution in [0.2, 0.25) is 0 Å². The van der Waals surface area contributed by atoms with E-state index in [4.69, 9.17) is 4.74 Å². The van der Waals surface area contributed by atoms with Crippen molar-refractivity contribution in [1.82, 2.24) is 9.97 Å². The monoisotopic (exact) mass is 335 g/mol. The van der Waals surface area contributed by atoms with Gasteiger partial charge in [-0.05, 0) is 12.1 Å². The summed E-state index contributed by atoms with van der Waals surface area (Å²) in [5, 5.41) is 0.